The first-order valence-electron chi connectivity index (χ1n) is 6.83. The van der Waals surface area contributed by atoms with Gasteiger partial charge in [0.1, 0.15) is 0 Å². The van der Waals surface area contributed by atoms with Crippen LogP contribution in [0.25, 0.3) is 11.3 Å². The average molecular weight is 298 g/mol. The van der Waals surface area contributed by atoms with Crippen LogP contribution in [-0.4, -0.2) is 9.97 Å². The van der Waals surface area contributed by atoms with Crippen molar-refractivity contribution >= 4 is 17.3 Å². The van der Waals surface area contributed by atoms with E-state index in [4.69, 9.17) is 11.6 Å². The van der Waals surface area contributed by atoms with Crippen LogP contribution in [0.15, 0.2) is 61.1 Å². The smallest absolute Gasteiger partial charge is 0.0924 e. The summed E-state index contributed by atoms with van der Waals surface area (Å²) in [6.07, 6.45) is 3.50. The lowest BCUT2D eigenvalue weighted by molar-refractivity contribution is 0.885. The fourth-order valence-corrected chi connectivity index (χ4v) is 2.47. The summed E-state index contributed by atoms with van der Waals surface area (Å²) >= 11 is 6.03. The van der Waals surface area contributed by atoms with E-state index in [0.717, 1.165) is 22.0 Å². The fourth-order valence-electron chi connectivity index (χ4n) is 2.27. The Morgan fingerprint density at radius 1 is 1.14 bits per heavy atom. The molecule has 0 radical (unpaired) electrons. The topological polar surface area (TPSA) is 40.7 Å². The number of hydrogen-bond acceptors (Lipinski definition) is 2. The highest BCUT2D eigenvalue weighted by Crippen LogP contribution is 2.24. The molecule has 0 saturated carbocycles. The SMILES string of the molecule is CC(Nc1ccc(-c2cnc[nH]2)cc1)c1cccc(Cl)c1. The Kier molecular flexibility index (Phi) is 3.93. The molecule has 1 aromatic heterocycles. The predicted octanol–water partition coefficient (Wildman–Crippen LogP) is 4.90. The molecule has 2 aromatic carbocycles. The quantitative estimate of drug-likeness (QED) is 0.719. The second-order valence-corrected chi connectivity index (χ2v) is 5.40. The maximum absolute atomic E-state index is 6.03. The molecule has 0 amide bonds. The lowest BCUT2D eigenvalue weighted by Gasteiger charge is -2.16. The monoisotopic (exact) mass is 297 g/mol. The van der Waals surface area contributed by atoms with E-state index in [1.54, 1.807) is 6.33 Å². The number of hydrogen-bond donors (Lipinski definition) is 2. The number of aromatic nitrogens is 2. The van der Waals surface area contributed by atoms with Crippen LogP contribution in [0.1, 0.15) is 18.5 Å². The van der Waals surface area contributed by atoms with Crippen molar-refractivity contribution < 1.29 is 0 Å². The van der Waals surface area contributed by atoms with Gasteiger partial charge in [0.05, 0.1) is 18.2 Å². The highest BCUT2D eigenvalue weighted by molar-refractivity contribution is 6.30. The van der Waals surface area contributed by atoms with Gasteiger partial charge in [-0.2, -0.15) is 0 Å². The summed E-state index contributed by atoms with van der Waals surface area (Å²) in [6.45, 7) is 2.12. The Bertz CT molecular complexity index is 705. The number of aromatic amines is 1. The Balaban J connectivity index is 1.73. The van der Waals surface area contributed by atoms with Crippen molar-refractivity contribution in [2.24, 2.45) is 0 Å². The summed E-state index contributed by atoms with van der Waals surface area (Å²) in [5.41, 5.74) is 4.38. The van der Waals surface area contributed by atoms with Crippen LogP contribution in [0.5, 0.6) is 0 Å². The van der Waals surface area contributed by atoms with Crippen LogP contribution in [0, 0.1) is 0 Å². The zero-order valence-electron chi connectivity index (χ0n) is 11.7. The Hall–Kier alpha value is -2.26. The van der Waals surface area contributed by atoms with Gasteiger partial charge in [-0.15, -0.1) is 0 Å². The highest BCUT2D eigenvalue weighted by Gasteiger charge is 2.06. The fraction of sp³-hybridized carbons (Fsp3) is 0.118. The van der Waals surface area contributed by atoms with E-state index in [2.05, 4.69) is 52.5 Å². The molecule has 2 N–H and O–H groups in total. The second kappa shape index (κ2) is 6.02. The third-order valence-corrected chi connectivity index (χ3v) is 3.66. The molecule has 3 rings (SSSR count). The maximum Gasteiger partial charge on any atom is 0.0924 e. The van der Waals surface area contributed by atoms with Crippen LogP contribution in [0.4, 0.5) is 5.69 Å². The molecule has 0 bridgehead atoms. The normalized spacial score (nSPS) is 12.1. The first-order chi connectivity index (χ1) is 10.2. The van der Waals surface area contributed by atoms with Gasteiger partial charge in [0, 0.05) is 16.8 Å². The molecular formula is C17H16ClN3. The minimum Gasteiger partial charge on any atom is -0.379 e. The molecule has 0 fully saturated rings. The molecule has 0 spiro atoms. The Morgan fingerprint density at radius 3 is 2.62 bits per heavy atom. The average Bonchev–Trinajstić information content (AvgIpc) is 3.02. The molecule has 3 aromatic rings. The van der Waals surface area contributed by atoms with Crippen molar-refractivity contribution in [1.82, 2.24) is 9.97 Å². The van der Waals surface area contributed by atoms with Gasteiger partial charge >= 0.3 is 0 Å². The van der Waals surface area contributed by atoms with E-state index in [0.29, 0.717) is 0 Å². The number of benzene rings is 2. The zero-order valence-corrected chi connectivity index (χ0v) is 12.4. The largest absolute Gasteiger partial charge is 0.379 e. The summed E-state index contributed by atoms with van der Waals surface area (Å²) in [5.74, 6) is 0. The molecule has 106 valence electrons. The number of H-pyrrole nitrogens is 1. The summed E-state index contributed by atoms with van der Waals surface area (Å²) in [7, 11) is 0. The van der Waals surface area contributed by atoms with Crippen molar-refractivity contribution in [3.05, 3.63) is 71.6 Å². The van der Waals surface area contributed by atoms with Crippen LogP contribution in [0.2, 0.25) is 5.02 Å². The molecule has 3 nitrogen and oxygen atoms in total. The van der Waals surface area contributed by atoms with Gasteiger partial charge in [-0.05, 0) is 42.3 Å². The molecule has 21 heavy (non-hydrogen) atoms. The first kappa shape index (κ1) is 13.7. The molecule has 0 aliphatic carbocycles. The van der Waals surface area contributed by atoms with Crippen molar-refractivity contribution in [3.63, 3.8) is 0 Å². The van der Waals surface area contributed by atoms with Gasteiger partial charge in [-0.3, -0.25) is 0 Å². The first-order valence-corrected chi connectivity index (χ1v) is 7.21. The number of nitrogens with zero attached hydrogens (tertiary/aromatic N) is 1. The zero-order chi connectivity index (χ0) is 14.7. The summed E-state index contributed by atoms with van der Waals surface area (Å²) in [5, 5.41) is 4.23. The van der Waals surface area contributed by atoms with Crippen LogP contribution < -0.4 is 5.32 Å². The van der Waals surface area contributed by atoms with E-state index >= 15 is 0 Å². The standard InChI is InChI=1S/C17H16ClN3/c1-12(14-3-2-4-15(18)9-14)21-16-7-5-13(6-8-16)17-10-19-11-20-17/h2-12,21H,1H3,(H,19,20). The van der Waals surface area contributed by atoms with E-state index in [9.17, 15) is 0 Å². The number of imidazole rings is 1. The van der Waals surface area contributed by atoms with Crippen molar-refractivity contribution in [2.45, 2.75) is 13.0 Å². The number of halogens is 1. The number of rotatable bonds is 4. The van der Waals surface area contributed by atoms with Crippen LogP contribution in [-0.2, 0) is 0 Å². The van der Waals surface area contributed by atoms with Gasteiger partial charge < -0.3 is 10.3 Å². The van der Waals surface area contributed by atoms with Crippen LogP contribution in [0.3, 0.4) is 0 Å². The second-order valence-electron chi connectivity index (χ2n) is 4.96. The van der Waals surface area contributed by atoms with Gasteiger partial charge in [-0.25, -0.2) is 4.98 Å². The summed E-state index contributed by atoms with van der Waals surface area (Å²) in [4.78, 5) is 7.13. The Morgan fingerprint density at radius 2 is 1.95 bits per heavy atom. The lowest BCUT2D eigenvalue weighted by Crippen LogP contribution is -2.06. The van der Waals surface area contributed by atoms with Crippen molar-refractivity contribution in [1.29, 1.82) is 0 Å². The Labute approximate surface area is 129 Å². The summed E-state index contributed by atoms with van der Waals surface area (Å²) < 4.78 is 0. The van der Waals surface area contributed by atoms with E-state index in [1.165, 1.54) is 5.56 Å². The predicted molar refractivity (Wildman–Crippen MR) is 87.5 cm³/mol. The molecule has 0 aliphatic heterocycles. The van der Waals surface area contributed by atoms with E-state index in [1.807, 2.05) is 24.4 Å². The lowest BCUT2D eigenvalue weighted by atomic mass is 10.1. The molecule has 4 heteroatoms. The third-order valence-electron chi connectivity index (χ3n) is 3.43. The minimum atomic E-state index is 0.196. The minimum absolute atomic E-state index is 0.196. The van der Waals surface area contributed by atoms with Gasteiger partial charge in [0.25, 0.3) is 0 Å². The molecular weight excluding hydrogens is 282 g/mol. The third kappa shape index (κ3) is 3.26. The summed E-state index contributed by atoms with van der Waals surface area (Å²) in [6, 6.07) is 16.4. The molecule has 1 unspecified atom stereocenters. The maximum atomic E-state index is 6.03. The molecule has 0 saturated heterocycles. The highest BCUT2D eigenvalue weighted by atomic mass is 35.5. The van der Waals surface area contributed by atoms with Gasteiger partial charge in [0.2, 0.25) is 0 Å². The van der Waals surface area contributed by atoms with Crippen molar-refractivity contribution in [2.75, 3.05) is 5.32 Å². The molecule has 0 aliphatic rings. The number of anilines is 1. The number of nitrogens with one attached hydrogen (secondary N) is 2. The van der Waals surface area contributed by atoms with Gasteiger partial charge in [0.15, 0.2) is 0 Å². The molecule has 1 heterocycles. The molecule has 1 atom stereocenters. The van der Waals surface area contributed by atoms with E-state index < -0.39 is 0 Å². The van der Waals surface area contributed by atoms with E-state index in [-0.39, 0.29) is 6.04 Å². The van der Waals surface area contributed by atoms with Crippen LogP contribution >= 0.6 is 11.6 Å². The van der Waals surface area contributed by atoms with Crippen molar-refractivity contribution in [3.8, 4) is 11.3 Å². The van der Waals surface area contributed by atoms with Gasteiger partial charge in [-0.1, -0.05) is 35.9 Å².